The Hall–Kier alpha value is -2.70. The largest absolute Gasteiger partial charge is 1.00 e. The molecule has 0 bridgehead atoms. The molecule has 0 saturated carbocycles. The van der Waals surface area contributed by atoms with Crippen LogP contribution in [0.5, 0.6) is 17.2 Å². The van der Waals surface area contributed by atoms with E-state index in [1.165, 1.54) is 31.6 Å². The van der Waals surface area contributed by atoms with Crippen molar-refractivity contribution in [3.63, 3.8) is 0 Å². The average molecular weight is 549 g/mol. The number of methoxy groups -OCH3 is 1. The zero-order valence-electron chi connectivity index (χ0n) is 21.7. The quantitative estimate of drug-likeness (QED) is 0.277. The maximum atomic E-state index is 12.7. The van der Waals surface area contributed by atoms with Crippen LogP contribution in [0.25, 0.3) is 0 Å². The van der Waals surface area contributed by atoms with Crippen molar-refractivity contribution in [1.29, 1.82) is 0 Å². The maximum absolute atomic E-state index is 12.7. The molecule has 1 amide bonds. The molecule has 2 atom stereocenters. The summed E-state index contributed by atoms with van der Waals surface area (Å²) in [6.45, 7) is 3.99. The molecule has 1 saturated heterocycles. The van der Waals surface area contributed by atoms with Crippen molar-refractivity contribution < 1.29 is 57.3 Å². The molecule has 0 spiro atoms. The van der Waals surface area contributed by atoms with Gasteiger partial charge in [0.1, 0.15) is 11.9 Å². The number of anilines is 1. The molecule has 38 heavy (non-hydrogen) atoms. The fraction of sp³-hybridized carbons (Fsp3) is 0.346. The van der Waals surface area contributed by atoms with E-state index in [2.05, 4.69) is 15.3 Å². The zero-order chi connectivity index (χ0) is 26.2. The summed E-state index contributed by atoms with van der Waals surface area (Å²) >= 11 is -2.38. The van der Waals surface area contributed by atoms with Crippen LogP contribution < -0.4 is 54.0 Å². The predicted octanol–water partition coefficient (Wildman–Crippen LogP) is 0.104. The minimum Gasteiger partial charge on any atom is -0.768 e. The number of amides is 1. The fourth-order valence-corrected chi connectivity index (χ4v) is 4.51. The van der Waals surface area contributed by atoms with Crippen LogP contribution >= 0.6 is 0 Å². The molecule has 12 heteroatoms. The first-order valence-electron chi connectivity index (χ1n) is 12.0. The van der Waals surface area contributed by atoms with Crippen molar-refractivity contribution >= 4 is 22.9 Å². The topological polar surface area (TPSA) is 126 Å². The number of nitrogens with one attached hydrogen (secondary N) is 1. The summed E-state index contributed by atoms with van der Waals surface area (Å²) in [5, 5.41) is 2.76. The van der Waals surface area contributed by atoms with Crippen LogP contribution in [0.3, 0.4) is 0 Å². The van der Waals surface area contributed by atoms with Crippen molar-refractivity contribution in [3.05, 3.63) is 66.0 Å². The second-order valence-corrected chi connectivity index (χ2v) is 9.31. The molecule has 1 fully saturated rings. The minimum absolute atomic E-state index is 0. The number of carbonyl (C=O) groups is 1. The van der Waals surface area contributed by atoms with Crippen molar-refractivity contribution in [2.24, 2.45) is 0 Å². The smallest absolute Gasteiger partial charge is 0.768 e. The first kappa shape index (κ1) is 29.9. The van der Waals surface area contributed by atoms with E-state index in [1.807, 2.05) is 36.1 Å². The van der Waals surface area contributed by atoms with Gasteiger partial charge in [-0.3, -0.25) is 9.00 Å². The van der Waals surface area contributed by atoms with Gasteiger partial charge < -0.3 is 29.0 Å². The van der Waals surface area contributed by atoms with Crippen LogP contribution in [0.2, 0.25) is 0 Å². The first-order valence-corrected chi connectivity index (χ1v) is 13.1. The molecule has 1 unspecified atom stereocenters. The van der Waals surface area contributed by atoms with E-state index in [9.17, 15) is 13.6 Å². The van der Waals surface area contributed by atoms with Crippen LogP contribution in [0, 0.1) is 0 Å². The van der Waals surface area contributed by atoms with Crippen LogP contribution in [-0.2, 0) is 17.6 Å². The number of nitrogens with zero attached hydrogens (tertiary/aromatic N) is 3. The van der Waals surface area contributed by atoms with Gasteiger partial charge >= 0.3 is 29.6 Å². The maximum Gasteiger partial charge on any atom is 1.00 e. The average Bonchev–Trinajstić information content (AvgIpc) is 2.93. The molecule has 196 valence electrons. The van der Waals surface area contributed by atoms with E-state index in [4.69, 9.17) is 14.2 Å². The van der Waals surface area contributed by atoms with Gasteiger partial charge in [-0.2, -0.15) is 0 Å². The Balaban J connectivity index is 0.00000400. The molecule has 2 heterocycles. The summed E-state index contributed by atoms with van der Waals surface area (Å²) in [4.78, 5) is 23.6. The summed E-state index contributed by atoms with van der Waals surface area (Å²) < 4.78 is 39.7. The molecule has 2 aromatic carbocycles. The monoisotopic (exact) mass is 548 g/mol. The molecule has 0 aliphatic carbocycles. The number of carbonyl (C=O) groups excluding carboxylic acids is 1. The second kappa shape index (κ2) is 14.5. The zero-order valence-corrected chi connectivity index (χ0v) is 24.5. The van der Waals surface area contributed by atoms with Crippen LogP contribution in [0.4, 0.5) is 5.95 Å². The van der Waals surface area contributed by atoms with Gasteiger partial charge in [0.15, 0.2) is 11.5 Å². The Labute approximate surface area is 246 Å². The molecule has 1 aliphatic heterocycles. The Morgan fingerprint density at radius 1 is 1.16 bits per heavy atom. The summed E-state index contributed by atoms with van der Waals surface area (Å²) in [5.74, 6) is 2.06. The van der Waals surface area contributed by atoms with Crippen molar-refractivity contribution in [2.45, 2.75) is 37.3 Å². The summed E-state index contributed by atoms with van der Waals surface area (Å²) in [5.41, 5.74) is 0.835. The van der Waals surface area contributed by atoms with Crippen LogP contribution in [-0.4, -0.2) is 57.5 Å². The number of hydrogen-bond donors (Lipinski definition) is 1. The third-order valence-electron chi connectivity index (χ3n) is 5.89. The third-order valence-corrected chi connectivity index (χ3v) is 6.53. The Morgan fingerprint density at radius 3 is 2.58 bits per heavy atom. The third kappa shape index (κ3) is 7.67. The van der Waals surface area contributed by atoms with Gasteiger partial charge in [-0.1, -0.05) is 12.1 Å². The molecule has 0 radical (unpaired) electrons. The Bertz CT molecular complexity index is 1250. The number of ether oxygens (including phenoxy) is 3. The number of piperidine rings is 1. The van der Waals surface area contributed by atoms with Gasteiger partial charge in [0, 0.05) is 35.9 Å². The molecular formula is C26H29N4NaO6S. The van der Waals surface area contributed by atoms with Crippen molar-refractivity contribution in [1.82, 2.24) is 15.3 Å². The van der Waals surface area contributed by atoms with E-state index >= 15 is 0 Å². The molecule has 3 aromatic rings. The second-order valence-electron chi connectivity index (χ2n) is 8.37. The Kier molecular flexibility index (Phi) is 11.4. The fourth-order valence-electron chi connectivity index (χ4n) is 4.09. The van der Waals surface area contributed by atoms with Crippen molar-refractivity contribution in [2.75, 3.05) is 31.7 Å². The summed E-state index contributed by atoms with van der Waals surface area (Å²) in [7, 11) is 1.48. The molecule has 1 aliphatic rings. The predicted molar refractivity (Wildman–Crippen MR) is 137 cm³/mol. The molecule has 4 rings (SSSR count). The molecule has 1 aromatic heterocycles. The SMILES string of the molecule is CCOc1ccccc1O[C@@H]1CCCN(c2ncc(C(=O)NCc3cc(S(=O)[O-])ccc3OC)cn2)C1.[Na+]. The molecular weight excluding hydrogens is 519 g/mol. The van der Waals surface area contributed by atoms with Gasteiger partial charge in [-0.15, -0.1) is 0 Å². The number of para-hydroxylation sites is 2. The summed E-state index contributed by atoms with van der Waals surface area (Å²) in [6.07, 6.45) is 4.74. The van der Waals surface area contributed by atoms with E-state index in [1.54, 1.807) is 6.07 Å². The number of hydrogen-bond acceptors (Lipinski definition) is 9. The van der Waals surface area contributed by atoms with Crippen LogP contribution in [0.15, 0.2) is 59.8 Å². The standard InChI is InChI=1S/C26H30N4O6S.Na/c1-3-35-23-8-4-5-9-24(23)36-20-7-6-12-30(17-20)26-28-15-19(16-29-26)25(31)27-14-18-13-21(37(32)33)10-11-22(18)34-2;/h4-5,8-11,13,15-16,20H,3,6-7,12,14,17H2,1-2H3,(H,27,31)(H,32,33);/q;+1/p-1/t20-;/m1./s1. The first-order chi connectivity index (χ1) is 18.0. The normalized spacial score (nSPS) is 15.7. The number of aromatic nitrogens is 2. The summed E-state index contributed by atoms with van der Waals surface area (Å²) in [6, 6.07) is 12.1. The minimum atomic E-state index is -2.38. The van der Waals surface area contributed by atoms with Gasteiger partial charge in [0.05, 0.1) is 25.8 Å². The Morgan fingerprint density at radius 2 is 1.89 bits per heavy atom. The molecule has 10 nitrogen and oxygen atoms in total. The molecule has 1 N–H and O–H groups in total. The van der Waals surface area contributed by atoms with Gasteiger partial charge in [-0.05, 0) is 61.2 Å². The van der Waals surface area contributed by atoms with E-state index in [-0.39, 0.29) is 53.0 Å². The van der Waals surface area contributed by atoms with Gasteiger partial charge in [0.2, 0.25) is 5.95 Å². The number of benzene rings is 2. The van der Waals surface area contributed by atoms with Gasteiger partial charge in [-0.25, -0.2) is 9.97 Å². The van der Waals surface area contributed by atoms with E-state index in [0.717, 1.165) is 25.1 Å². The van der Waals surface area contributed by atoms with Crippen molar-refractivity contribution in [3.8, 4) is 17.2 Å². The number of rotatable bonds is 10. The van der Waals surface area contributed by atoms with E-state index in [0.29, 0.717) is 41.7 Å². The van der Waals surface area contributed by atoms with Crippen LogP contribution in [0.1, 0.15) is 35.7 Å². The van der Waals surface area contributed by atoms with E-state index < -0.39 is 11.1 Å². The van der Waals surface area contributed by atoms with Gasteiger partial charge in [0.25, 0.3) is 5.91 Å².